The number of carbonyl (C=O) groups excluding carboxylic acids is 1. The van der Waals surface area contributed by atoms with Gasteiger partial charge in [0.1, 0.15) is 13.2 Å². The highest BCUT2D eigenvalue weighted by Crippen LogP contribution is 2.00. The van der Waals surface area contributed by atoms with Crippen LogP contribution in [0.3, 0.4) is 0 Å². The van der Waals surface area contributed by atoms with Crippen LogP contribution in [0.15, 0.2) is 0 Å². The van der Waals surface area contributed by atoms with Crippen molar-refractivity contribution in [2.45, 2.75) is 0 Å². The predicted octanol–water partition coefficient (Wildman–Crippen LogP) is -1.29. The van der Waals surface area contributed by atoms with Crippen LogP contribution in [0.1, 0.15) is 0 Å². The first-order valence-corrected chi connectivity index (χ1v) is 3.82. The lowest BCUT2D eigenvalue weighted by Gasteiger charge is -2.06. The zero-order chi connectivity index (χ0) is 8.32. The maximum Gasteiger partial charge on any atom is 0.429 e. The van der Waals surface area contributed by atoms with Crippen molar-refractivity contribution in [3.63, 3.8) is 0 Å². The number of hydrogen-bond acceptors (Lipinski definition) is 7. The fraction of sp³-hybridized carbons (Fsp3) is 0.667. The molecule has 0 atom stereocenters. The van der Waals surface area contributed by atoms with Gasteiger partial charge < -0.3 is 0 Å². The molecule has 1 aliphatic rings. The number of hydrogen-bond donors (Lipinski definition) is 0. The van der Waals surface area contributed by atoms with Crippen molar-refractivity contribution in [3.8, 4) is 0 Å². The molecule has 0 aromatic heterocycles. The quantitative estimate of drug-likeness (QED) is 0.433. The van der Waals surface area contributed by atoms with E-state index in [1.807, 2.05) is 0 Å². The van der Waals surface area contributed by atoms with Crippen LogP contribution in [0.5, 0.6) is 0 Å². The monoisotopic (exact) mass is 184 g/mol. The Hall–Kier alpha value is -0.540. The van der Waals surface area contributed by atoms with Crippen LogP contribution >= 0.6 is 0 Å². The normalized spacial score (nSPS) is 25.6. The minimum Gasteiger partial charge on any atom is -0.294 e. The van der Waals surface area contributed by atoms with Gasteiger partial charge in [0.2, 0.25) is 0 Å². The van der Waals surface area contributed by atoms with Crippen molar-refractivity contribution in [2.24, 2.45) is 0 Å². The molecule has 0 aromatic carbocycles. The highest BCUT2D eigenvalue weighted by atomic mass is 32.3. The highest BCUT2D eigenvalue weighted by molar-refractivity contribution is 7.81. The molecule has 1 saturated heterocycles. The number of Topliss-reactive ketones (excluding diaryl/α,β-unsaturated/α-hetero) is 1. The van der Waals surface area contributed by atoms with Crippen LogP contribution in [0.2, 0.25) is 0 Å². The summed E-state index contributed by atoms with van der Waals surface area (Å²) in [6.07, 6.45) is 0. The summed E-state index contributed by atoms with van der Waals surface area (Å²) in [7, 11) is -4.24. The van der Waals surface area contributed by atoms with E-state index in [9.17, 15) is 13.2 Å². The highest BCUT2D eigenvalue weighted by Gasteiger charge is 2.20. The molecular formula is C3H4O7S. The van der Waals surface area contributed by atoms with Crippen LogP contribution < -0.4 is 0 Å². The molecule has 0 N–H and O–H groups in total. The second-order valence-electron chi connectivity index (χ2n) is 1.61. The van der Waals surface area contributed by atoms with E-state index in [1.165, 1.54) is 0 Å². The van der Waals surface area contributed by atoms with Gasteiger partial charge in [-0.15, -0.1) is 0 Å². The Morgan fingerprint density at radius 1 is 1.27 bits per heavy atom. The summed E-state index contributed by atoms with van der Waals surface area (Å²) in [5, 5.41) is 3.63. The van der Waals surface area contributed by atoms with E-state index in [0.29, 0.717) is 0 Å². The van der Waals surface area contributed by atoms with Gasteiger partial charge in [0, 0.05) is 0 Å². The molecule has 64 valence electrons. The number of carbonyl (C=O) groups is 1. The summed E-state index contributed by atoms with van der Waals surface area (Å²) >= 11 is 0. The molecule has 0 unspecified atom stereocenters. The maximum atomic E-state index is 10.5. The van der Waals surface area contributed by atoms with E-state index in [4.69, 9.17) is 0 Å². The average molecular weight is 184 g/mol. The lowest BCUT2D eigenvalue weighted by atomic mass is 10.5. The van der Waals surface area contributed by atoms with E-state index < -0.39 is 29.4 Å². The zero-order valence-corrected chi connectivity index (χ0v) is 6.00. The predicted molar refractivity (Wildman–Crippen MR) is 28.0 cm³/mol. The fourth-order valence-corrected chi connectivity index (χ4v) is 0.765. The summed E-state index contributed by atoms with van der Waals surface area (Å²) < 4.78 is 28.3. The smallest absolute Gasteiger partial charge is 0.294 e. The fourth-order valence-electron chi connectivity index (χ4n) is 0.343. The van der Waals surface area contributed by atoms with Gasteiger partial charge >= 0.3 is 10.4 Å². The Bertz CT molecular complexity index is 240. The summed E-state index contributed by atoms with van der Waals surface area (Å²) in [4.78, 5) is 14.5. The molecule has 0 radical (unpaired) electrons. The van der Waals surface area contributed by atoms with Crippen LogP contribution in [0.25, 0.3) is 0 Å². The molecule has 11 heavy (non-hydrogen) atoms. The van der Waals surface area contributed by atoms with E-state index in [0.717, 1.165) is 0 Å². The summed E-state index contributed by atoms with van der Waals surface area (Å²) in [5.41, 5.74) is 0. The Balaban J connectivity index is 2.58. The summed E-state index contributed by atoms with van der Waals surface area (Å²) in [5.74, 6) is -0.558. The Kier molecular flexibility index (Phi) is 2.52. The first kappa shape index (κ1) is 8.56. The van der Waals surface area contributed by atoms with Gasteiger partial charge in [-0.3, -0.25) is 4.79 Å². The second kappa shape index (κ2) is 3.24. The van der Waals surface area contributed by atoms with Crippen molar-refractivity contribution >= 4 is 16.2 Å². The SMILES string of the molecule is O=C1COOOS(=O)(=O)OC1. The van der Waals surface area contributed by atoms with E-state index in [2.05, 4.69) is 18.4 Å². The standard InChI is InChI=1S/C3H4O7S/c4-3-1-7-9-10-11(5,6)8-2-3/h1-2H2. The van der Waals surface area contributed by atoms with Gasteiger partial charge in [-0.25, -0.2) is 4.18 Å². The largest absolute Gasteiger partial charge is 0.429 e. The van der Waals surface area contributed by atoms with Crippen molar-refractivity contribution in [3.05, 3.63) is 0 Å². The van der Waals surface area contributed by atoms with Gasteiger partial charge in [-0.2, -0.15) is 13.3 Å². The summed E-state index contributed by atoms with van der Waals surface area (Å²) in [6.45, 7) is -1.01. The first-order valence-electron chi connectivity index (χ1n) is 2.49. The van der Waals surface area contributed by atoms with Crippen LogP contribution in [0, 0.1) is 0 Å². The number of ketones is 1. The van der Waals surface area contributed by atoms with E-state index in [1.54, 1.807) is 0 Å². The van der Waals surface area contributed by atoms with E-state index in [-0.39, 0.29) is 0 Å². The molecule has 0 spiro atoms. The molecule has 0 amide bonds. The Morgan fingerprint density at radius 2 is 2.00 bits per heavy atom. The topological polar surface area (TPSA) is 88.1 Å². The van der Waals surface area contributed by atoms with Crippen molar-refractivity contribution in [2.75, 3.05) is 13.2 Å². The maximum absolute atomic E-state index is 10.5. The van der Waals surface area contributed by atoms with Gasteiger partial charge in [0.25, 0.3) is 0 Å². The first-order chi connectivity index (χ1) is 5.10. The third kappa shape index (κ3) is 2.91. The Labute approximate surface area is 62.0 Å². The third-order valence-electron chi connectivity index (χ3n) is 0.743. The minimum atomic E-state index is -4.24. The average Bonchev–Trinajstić information content (AvgIpc) is 1.92. The van der Waals surface area contributed by atoms with Crippen molar-refractivity contribution in [1.29, 1.82) is 0 Å². The van der Waals surface area contributed by atoms with Crippen molar-refractivity contribution < 1.29 is 31.7 Å². The minimum absolute atomic E-state index is 0.407. The molecular weight excluding hydrogens is 180 g/mol. The molecule has 1 rings (SSSR count). The van der Waals surface area contributed by atoms with Crippen LogP contribution in [-0.2, 0) is 33.6 Å². The van der Waals surface area contributed by atoms with Gasteiger partial charge in [0.05, 0.1) is 0 Å². The van der Waals surface area contributed by atoms with Crippen LogP contribution in [0.4, 0.5) is 0 Å². The van der Waals surface area contributed by atoms with Gasteiger partial charge in [-0.05, 0) is 5.04 Å². The molecule has 0 bridgehead atoms. The molecule has 0 saturated carbocycles. The lowest BCUT2D eigenvalue weighted by molar-refractivity contribution is -0.464. The molecule has 7 nitrogen and oxygen atoms in total. The van der Waals surface area contributed by atoms with Crippen LogP contribution in [-0.4, -0.2) is 27.4 Å². The third-order valence-corrected chi connectivity index (χ3v) is 1.37. The lowest BCUT2D eigenvalue weighted by Crippen LogP contribution is -2.24. The van der Waals surface area contributed by atoms with E-state index >= 15 is 0 Å². The Morgan fingerprint density at radius 3 is 2.73 bits per heavy atom. The summed E-state index contributed by atoms with van der Waals surface area (Å²) in [6, 6.07) is 0. The van der Waals surface area contributed by atoms with Crippen molar-refractivity contribution in [1.82, 2.24) is 0 Å². The number of rotatable bonds is 0. The second-order valence-corrected chi connectivity index (χ2v) is 2.80. The molecule has 0 aromatic rings. The van der Waals surface area contributed by atoms with Gasteiger partial charge in [0.15, 0.2) is 5.78 Å². The molecule has 1 aliphatic heterocycles. The molecule has 8 heteroatoms. The molecule has 1 fully saturated rings. The van der Waals surface area contributed by atoms with Gasteiger partial charge in [-0.1, -0.05) is 4.33 Å². The molecule has 1 heterocycles. The molecule has 0 aliphatic carbocycles. The zero-order valence-electron chi connectivity index (χ0n) is 5.18.